The van der Waals surface area contributed by atoms with Crippen LogP contribution in [-0.2, 0) is 9.47 Å². The van der Waals surface area contributed by atoms with Crippen molar-refractivity contribution >= 4 is 0 Å². The molecule has 0 aromatic carbocycles. The SMILES string of the molecule is CCNC(CCOCCOC)CC1CCCCC1. The summed E-state index contributed by atoms with van der Waals surface area (Å²) >= 11 is 0. The lowest BCUT2D eigenvalue weighted by Gasteiger charge is -2.27. The molecule has 0 spiro atoms. The van der Waals surface area contributed by atoms with Crippen molar-refractivity contribution in [2.24, 2.45) is 5.92 Å². The van der Waals surface area contributed by atoms with E-state index in [0.717, 1.165) is 32.1 Å². The average molecular weight is 257 g/mol. The van der Waals surface area contributed by atoms with E-state index in [1.54, 1.807) is 7.11 Å². The summed E-state index contributed by atoms with van der Waals surface area (Å²) in [4.78, 5) is 0. The molecule has 0 aromatic rings. The molecule has 1 unspecified atom stereocenters. The van der Waals surface area contributed by atoms with Gasteiger partial charge in [0.15, 0.2) is 0 Å². The highest BCUT2D eigenvalue weighted by molar-refractivity contribution is 4.74. The zero-order valence-electron chi connectivity index (χ0n) is 12.2. The third kappa shape index (κ3) is 7.34. The maximum atomic E-state index is 5.58. The van der Waals surface area contributed by atoms with Crippen molar-refractivity contribution in [2.75, 3.05) is 33.5 Å². The van der Waals surface area contributed by atoms with Crippen molar-refractivity contribution in [2.45, 2.75) is 57.9 Å². The lowest BCUT2D eigenvalue weighted by Crippen LogP contribution is -2.32. The molecule has 1 aliphatic carbocycles. The first-order valence-corrected chi connectivity index (χ1v) is 7.66. The Kier molecular flexibility index (Phi) is 9.54. The fourth-order valence-corrected chi connectivity index (χ4v) is 2.89. The Morgan fingerprint density at radius 2 is 1.89 bits per heavy atom. The molecule has 0 amide bonds. The summed E-state index contributed by atoms with van der Waals surface area (Å²) in [6.45, 7) is 5.54. The first-order chi connectivity index (χ1) is 8.86. The number of hydrogen-bond acceptors (Lipinski definition) is 3. The predicted molar refractivity (Wildman–Crippen MR) is 76.0 cm³/mol. The van der Waals surface area contributed by atoms with Crippen molar-refractivity contribution in [1.29, 1.82) is 0 Å². The van der Waals surface area contributed by atoms with Crippen molar-refractivity contribution in [3.8, 4) is 0 Å². The molecule has 1 rings (SSSR count). The van der Waals surface area contributed by atoms with Gasteiger partial charge in [0.25, 0.3) is 0 Å². The van der Waals surface area contributed by atoms with Gasteiger partial charge in [-0.25, -0.2) is 0 Å². The van der Waals surface area contributed by atoms with Gasteiger partial charge in [0.1, 0.15) is 0 Å². The van der Waals surface area contributed by atoms with Gasteiger partial charge in [-0.1, -0.05) is 39.0 Å². The zero-order chi connectivity index (χ0) is 13.1. The second-order valence-electron chi connectivity index (χ2n) is 5.39. The van der Waals surface area contributed by atoms with Crippen molar-refractivity contribution < 1.29 is 9.47 Å². The minimum absolute atomic E-state index is 0.639. The molecule has 0 aliphatic heterocycles. The monoisotopic (exact) mass is 257 g/mol. The Morgan fingerprint density at radius 1 is 1.11 bits per heavy atom. The van der Waals surface area contributed by atoms with Crippen LogP contribution >= 0.6 is 0 Å². The van der Waals surface area contributed by atoms with Crippen LogP contribution in [0.25, 0.3) is 0 Å². The second kappa shape index (κ2) is 10.8. The van der Waals surface area contributed by atoms with Gasteiger partial charge in [-0.3, -0.25) is 0 Å². The fraction of sp³-hybridized carbons (Fsp3) is 1.00. The predicted octanol–water partition coefficient (Wildman–Crippen LogP) is 2.99. The molecule has 0 saturated heterocycles. The Morgan fingerprint density at radius 3 is 2.56 bits per heavy atom. The molecule has 108 valence electrons. The van der Waals surface area contributed by atoms with E-state index in [0.29, 0.717) is 12.6 Å². The van der Waals surface area contributed by atoms with E-state index < -0.39 is 0 Å². The number of nitrogens with one attached hydrogen (secondary N) is 1. The molecule has 0 aromatic heterocycles. The molecule has 0 bridgehead atoms. The smallest absolute Gasteiger partial charge is 0.0700 e. The molecule has 18 heavy (non-hydrogen) atoms. The highest BCUT2D eigenvalue weighted by atomic mass is 16.5. The summed E-state index contributed by atoms with van der Waals surface area (Å²) in [5.41, 5.74) is 0. The van der Waals surface area contributed by atoms with Gasteiger partial charge in [-0.05, 0) is 25.3 Å². The van der Waals surface area contributed by atoms with Gasteiger partial charge in [0.2, 0.25) is 0 Å². The van der Waals surface area contributed by atoms with E-state index in [1.807, 2.05) is 0 Å². The number of methoxy groups -OCH3 is 1. The summed E-state index contributed by atoms with van der Waals surface area (Å²) in [6.07, 6.45) is 9.67. The van der Waals surface area contributed by atoms with E-state index in [2.05, 4.69) is 12.2 Å². The summed E-state index contributed by atoms with van der Waals surface area (Å²) in [7, 11) is 1.72. The minimum Gasteiger partial charge on any atom is -0.382 e. The van der Waals surface area contributed by atoms with Crippen LogP contribution in [0.1, 0.15) is 51.9 Å². The third-order valence-corrected chi connectivity index (χ3v) is 3.88. The van der Waals surface area contributed by atoms with E-state index >= 15 is 0 Å². The summed E-state index contributed by atoms with van der Waals surface area (Å²) in [5.74, 6) is 0.946. The summed E-state index contributed by atoms with van der Waals surface area (Å²) in [5, 5.41) is 3.61. The van der Waals surface area contributed by atoms with Crippen LogP contribution in [0.5, 0.6) is 0 Å². The average Bonchev–Trinajstić information content (AvgIpc) is 2.40. The number of ether oxygens (including phenoxy) is 2. The molecule has 1 atom stereocenters. The standard InChI is InChI=1S/C15H31NO2/c1-3-16-15(9-10-18-12-11-17-2)13-14-7-5-4-6-8-14/h14-16H,3-13H2,1-2H3. The van der Waals surface area contributed by atoms with E-state index in [-0.39, 0.29) is 0 Å². The van der Waals surface area contributed by atoms with E-state index in [4.69, 9.17) is 9.47 Å². The van der Waals surface area contributed by atoms with E-state index in [1.165, 1.54) is 38.5 Å². The van der Waals surface area contributed by atoms with Crippen LogP contribution in [0.3, 0.4) is 0 Å². The van der Waals surface area contributed by atoms with Crippen LogP contribution in [0, 0.1) is 5.92 Å². The van der Waals surface area contributed by atoms with Crippen molar-refractivity contribution in [3.05, 3.63) is 0 Å². The van der Waals surface area contributed by atoms with Gasteiger partial charge < -0.3 is 14.8 Å². The molecular weight excluding hydrogens is 226 g/mol. The normalized spacial score (nSPS) is 19.0. The molecule has 0 radical (unpaired) electrons. The summed E-state index contributed by atoms with van der Waals surface area (Å²) < 4.78 is 10.6. The van der Waals surface area contributed by atoms with Gasteiger partial charge in [-0.2, -0.15) is 0 Å². The zero-order valence-corrected chi connectivity index (χ0v) is 12.2. The quantitative estimate of drug-likeness (QED) is 0.610. The van der Waals surface area contributed by atoms with Crippen LogP contribution < -0.4 is 5.32 Å². The lowest BCUT2D eigenvalue weighted by molar-refractivity contribution is 0.0644. The number of rotatable bonds is 10. The molecule has 3 heteroatoms. The Bertz CT molecular complexity index is 181. The molecule has 1 saturated carbocycles. The maximum absolute atomic E-state index is 5.58. The highest BCUT2D eigenvalue weighted by Gasteiger charge is 2.18. The topological polar surface area (TPSA) is 30.5 Å². The van der Waals surface area contributed by atoms with Crippen molar-refractivity contribution in [3.63, 3.8) is 0 Å². The second-order valence-corrected chi connectivity index (χ2v) is 5.39. The van der Waals surface area contributed by atoms with Gasteiger partial charge in [-0.15, -0.1) is 0 Å². The molecular formula is C15H31NO2. The lowest BCUT2D eigenvalue weighted by atomic mass is 9.84. The molecule has 3 nitrogen and oxygen atoms in total. The first-order valence-electron chi connectivity index (χ1n) is 7.66. The molecule has 1 aliphatic rings. The Labute approximate surface area is 113 Å². The molecule has 0 heterocycles. The van der Waals surface area contributed by atoms with Crippen LogP contribution in [-0.4, -0.2) is 39.5 Å². The van der Waals surface area contributed by atoms with Crippen molar-refractivity contribution in [1.82, 2.24) is 5.32 Å². The van der Waals surface area contributed by atoms with Gasteiger partial charge in [0.05, 0.1) is 13.2 Å². The van der Waals surface area contributed by atoms with Crippen LogP contribution in [0.4, 0.5) is 0 Å². The largest absolute Gasteiger partial charge is 0.382 e. The first kappa shape index (κ1) is 15.9. The van der Waals surface area contributed by atoms with Crippen LogP contribution in [0.15, 0.2) is 0 Å². The van der Waals surface area contributed by atoms with Gasteiger partial charge >= 0.3 is 0 Å². The van der Waals surface area contributed by atoms with E-state index in [9.17, 15) is 0 Å². The number of hydrogen-bond donors (Lipinski definition) is 1. The minimum atomic E-state index is 0.639. The Hall–Kier alpha value is -0.120. The van der Waals surface area contributed by atoms with Gasteiger partial charge in [0, 0.05) is 19.8 Å². The summed E-state index contributed by atoms with van der Waals surface area (Å²) in [6, 6.07) is 0.639. The molecule has 1 fully saturated rings. The maximum Gasteiger partial charge on any atom is 0.0700 e. The molecule has 1 N–H and O–H groups in total. The Balaban J connectivity index is 2.12. The van der Waals surface area contributed by atoms with Crippen LogP contribution in [0.2, 0.25) is 0 Å². The highest BCUT2D eigenvalue weighted by Crippen LogP contribution is 2.27. The fourth-order valence-electron chi connectivity index (χ4n) is 2.89. The third-order valence-electron chi connectivity index (χ3n) is 3.88.